The van der Waals surface area contributed by atoms with Crippen LogP contribution in [0.3, 0.4) is 0 Å². The lowest BCUT2D eigenvalue weighted by Crippen LogP contribution is -2.39. The van der Waals surface area contributed by atoms with E-state index in [1.807, 2.05) is 0 Å². The Morgan fingerprint density at radius 3 is 2.88 bits per heavy atom. The topological polar surface area (TPSA) is 63.4 Å². The van der Waals surface area contributed by atoms with Gasteiger partial charge >= 0.3 is 0 Å². The highest BCUT2D eigenvalue weighted by Crippen LogP contribution is 2.27. The Labute approximate surface area is 106 Å². The molecular formula is C9H15ClN2O2S2. The summed E-state index contributed by atoms with van der Waals surface area (Å²) in [6, 6.07) is 3.38. The molecule has 0 radical (unpaired) electrons. The average molecular weight is 283 g/mol. The van der Waals surface area contributed by atoms with Crippen LogP contribution in [0.4, 0.5) is 0 Å². The molecule has 1 atom stereocenters. The summed E-state index contributed by atoms with van der Waals surface area (Å²) < 4.78 is 26.3. The van der Waals surface area contributed by atoms with Crippen molar-refractivity contribution in [3.8, 4) is 0 Å². The monoisotopic (exact) mass is 282 g/mol. The van der Waals surface area contributed by atoms with Crippen molar-refractivity contribution in [1.82, 2.24) is 4.31 Å². The van der Waals surface area contributed by atoms with Crippen molar-refractivity contribution in [2.24, 2.45) is 5.73 Å². The van der Waals surface area contributed by atoms with Crippen LogP contribution in [0.1, 0.15) is 12.8 Å². The number of rotatable bonds is 3. The minimum absolute atomic E-state index is 0. The number of hydrogen-bond acceptors (Lipinski definition) is 4. The molecule has 2 heterocycles. The number of thiophene rings is 1. The Morgan fingerprint density at radius 1 is 1.56 bits per heavy atom. The molecule has 7 heteroatoms. The third kappa shape index (κ3) is 2.41. The standard InChI is InChI=1S/C9H14N2O2S2.ClH/c10-7-8-3-1-5-11(8)15(12,13)9-4-2-6-14-9;/h2,4,6,8H,1,3,5,7,10H2;1H. The van der Waals surface area contributed by atoms with Crippen LogP contribution in [0.25, 0.3) is 0 Å². The molecule has 1 aliphatic rings. The Hall–Kier alpha value is -0.140. The van der Waals surface area contributed by atoms with Gasteiger partial charge in [-0.15, -0.1) is 23.7 Å². The van der Waals surface area contributed by atoms with Gasteiger partial charge in [-0.3, -0.25) is 0 Å². The second kappa shape index (κ2) is 5.46. The first-order valence-electron chi connectivity index (χ1n) is 4.91. The van der Waals surface area contributed by atoms with Crippen LogP contribution in [0.2, 0.25) is 0 Å². The van der Waals surface area contributed by atoms with Gasteiger partial charge in [-0.25, -0.2) is 8.42 Å². The molecule has 0 aromatic carbocycles. The maximum absolute atomic E-state index is 12.1. The van der Waals surface area contributed by atoms with Gasteiger partial charge in [0, 0.05) is 19.1 Å². The van der Waals surface area contributed by atoms with Gasteiger partial charge in [-0.2, -0.15) is 4.31 Å². The highest BCUT2D eigenvalue weighted by atomic mass is 35.5. The number of nitrogens with zero attached hydrogens (tertiary/aromatic N) is 1. The van der Waals surface area contributed by atoms with Crippen molar-refractivity contribution in [1.29, 1.82) is 0 Å². The first kappa shape index (κ1) is 13.9. The summed E-state index contributed by atoms with van der Waals surface area (Å²) >= 11 is 1.26. The molecule has 0 aliphatic carbocycles. The first-order valence-corrected chi connectivity index (χ1v) is 7.23. The van der Waals surface area contributed by atoms with Gasteiger partial charge in [0.1, 0.15) is 4.21 Å². The van der Waals surface area contributed by atoms with E-state index in [4.69, 9.17) is 5.73 Å². The summed E-state index contributed by atoms with van der Waals surface area (Å²) in [5.74, 6) is 0. The van der Waals surface area contributed by atoms with Crippen LogP contribution in [-0.4, -0.2) is 31.9 Å². The van der Waals surface area contributed by atoms with Gasteiger partial charge in [-0.05, 0) is 24.3 Å². The summed E-state index contributed by atoms with van der Waals surface area (Å²) in [6.07, 6.45) is 1.79. The smallest absolute Gasteiger partial charge is 0.252 e. The van der Waals surface area contributed by atoms with E-state index in [0.29, 0.717) is 17.3 Å². The second-order valence-electron chi connectivity index (χ2n) is 3.58. The van der Waals surface area contributed by atoms with E-state index in [2.05, 4.69) is 0 Å². The maximum atomic E-state index is 12.1. The van der Waals surface area contributed by atoms with Crippen LogP contribution in [0.15, 0.2) is 21.7 Å². The zero-order valence-electron chi connectivity index (χ0n) is 8.70. The third-order valence-corrected chi connectivity index (χ3v) is 5.98. The fraction of sp³-hybridized carbons (Fsp3) is 0.556. The number of halogens is 1. The van der Waals surface area contributed by atoms with Gasteiger partial charge < -0.3 is 5.73 Å². The fourth-order valence-corrected chi connectivity index (χ4v) is 4.71. The SMILES string of the molecule is Cl.NCC1CCCN1S(=O)(=O)c1cccs1. The molecule has 1 fully saturated rings. The zero-order valence-corrected chi connectivity index (χ0v) is 11.2. The van der Waals surface area contributed by atoms with Crippen molar-refractivity contribution in [2.45, 2.75) is 23.1 Å². The van der Waals surface area contributed by atoms with E-state index < -0.39 is 10.0 Å². The van der Waals surface area contributed by atoms with E-state index in [1.165, 1.54) is 11.3 Å². The molecule has 16 heavy (non-hydrogen) atoms. The average Bonchev–Trinajstić information content (AvgIpc) is 2.89. The van der Waals surface area contributed by atoms with E-state index in [0.717, 1.165) is 12.8 Å². The van der Waals surface area contributed by atoms with Crippen LogP contribution < -0.4 is 5.73 Å². The molecule has 1 saturated heterocycles. The van der Waals surface area contributed by atoms with Crippen LogP contribution in [0, 0.1) is 0 Å². The van der Waals surface area contributed by atoms with Crippen LogP contribution in [-0.2, 0) is 10.0 Å². The van der Waals surface area contributed by atoms with Gasteiger partial charge in [0.2, 0.25) is 0 Å². The molecule has 1 unspecified atom stereocenters. The lowest BCUT2D eigenvalue weighted by atomic mass is 10.2. The highest BCUT2D eigenvalue weighted by Gasteiger charge is 2.34. The Balaban J connectivity index is 0.00000128. The molecule has 0 bridgehead atoms. The quantitative estimate of drug-likeness (QED) is 0.908. The van der Waals surface area contributed by atoms with Crippen molar-refractivity contribution in [3.05, 3.63) is 17.5 Å². The van der Waals surface area contributed by atoms with Crippen molar-refractivity contribution in [3.63, 3.8) is 0 Å². The summed E-state index contributed by atoms with van der Waals surface area (Å²) in [6.45, 7) is 1.01. The van der Waals surface area contributed by atoms with Gasteiger partial charge in [-0.1, -0.05) is 6.07 Å². The molecule has 1 aliphatic heterocycles. The van der Waals surface area contributed by atoms with Gasteiger partial charge in [0.15, 0.2) is 0 Å². The third-order valence-electron chi connectivity index (χ3n) is 2.65. The second-order valence-corrected chi connectivity index (χ2v) is 6.64. The molecular weight excluding hydrogens is 268 g/mol. The molecule has 2 N–H and O–H groups in total. The predicted octanol–water partition coefficient (Wildman–Crippen LogP) is 1.28. The molecule has 0 saturated carbocycles. The lowest BCUT2D eigenvalue weighted by Gasteiger charge is -2.21. The zero-order chi connectivity index (χ0) is 10.9. The Morgan fingerprint density at radius 2 is 2.31 bits per heavy atom. The van der Waals surface area contributed by atoms with E-state index in [1.54, 1.807) is 21.8 Å². The fourth-order valence-electron chi connectivity index (χ4n) is 1.89. The Bertz CT molecular complexity index is 419. The Kier molecular flexibility index (Phi) is 4.75. The summed E-state index contributed by atoms with van der Waals surface area (Å²) in [7, 11) is -3.28. The van der Waals surface area contributed by atoms with Crippen molar-refractivity contribution < 1.29 is 8.42 Å². The number of hydrogen-bond donors (Lipinski definition) is 1. The van der Waals surface area contributed by atoms with Gasteiger partial charge in [0.05, 0.1) is 0 Å². The molecule has 4 nitrogen and oxygen atoms in total. The highest BCUT2D eigenvalue weighted by molar-refractivity contribution is 7.91. The molecule has 2 rings (SSSR count). The largest absolute Gasteiger partial charge is 0.329 e. The summed E-state index contributed by atoms with van der Waals surface area (Å²) in [4.78, 5) is 0. The summed E-state index contributed by atoms with van der Waals surface area (Å²) in [5, 5.41) is 1.78. The minimum atomic E-state index is -3.28. The van der Waals surface area contributed by atoms with E-state index >= 15 is 0 Å². The summed E-state index contributed by atoms with van der Waals surface area (Å²) in [5.41, 5.74) is 5.57. The molecule has 92 valence electrons. The molecule has 1 aromatic rings. The first-order chi connectivity index (χ1) is 7.16. The van der Waals surface area contributed by atoms with Crippen molar-refractivity contribution >= 4 is 33.8 Å². The van der Waals surface area contributed by atoms with Crippen LogP contribution in [0.5, 0.6) is 0 Å². The van der Waals surface area contributed by atoms with Gasteiger partial charge in [0.25, 0.3) is 10.0 Å². The van der Waals surface area contributed by atoms with Crippen molar-refractivity contribution in [2.75, 3.05) is 13.1 Å². The molecule has 0 amide bonds. The van der Waals surface area contributed by atoms with E-state index in [9.17, 15) is 8.42 Å². The molecule has 0 spiro atoms. The minimum Gasteiger partial charge on any atom is -0.329 e. The number of nitrogens with two attached hydrogens (primary N) is 1. The van der Waals surface area contributed by atoms with Crippen LogP contribution >= 0.6 is 23.7 Å². The predicted molar refractivity (Wildman–Crippen MR) is 67.5 cm³/mol. The lowest BCUT2D eigenvalue weighted by molar-refractivity contribution is 0.394. The van der Waals surface area contributed by atoms with E-state index in [-0.39, 0.29) is 18.4 Å². The normalized spacial score (nSPS) is 21.9. The maximum Gasteiger partial charge on any atom is 0.252 e. The number of sulfonamides is 1. The molecule has 1 aromatic heterocycles.